The molecule has 1 aliphatic heterocycles. The molecule has 1 N–H and O–H groups in total. The minimum atomic E-state index is -0.791. The number of hydrogen-bond donors (Lipinski definition) is 1. The molecule has 4 heteroatoms. The van der Waals surface area contributed by atoms with Crippen LogP contribution in [0.4, 0.5) is 0 Å². The Morgan fingerprint density at radius 3 is 2.55 bits per heavy atom. The van der Waals surface area contributed by atoms with Crippen molar-refractivity contribution in [2.24, 2.45) is 5.92 Å². The number of amides is 1. The van der Waals surface area contributed by atoms with Gasteiger partial charge in [0.2, 0.25) is 5.91 Å². The number of carboxylic acids is 1. The monoisotopic (exact) mass is 273 g/mol. The van der Waals surface area contributed by atoms with E-state index in [0.29, 0.717) is 19.5 Å². The van der Waals surface area contributed by atoms with Crippen LogP contribution in [0, 0.1) is 12.8 Å². The summed E-state index contributed by atoms with van der Waals surface area (Å²) in [6, 6.07) is 8.02. The van der Waals surface area contributed by atoms with Crippen LogP contribution < -0.4 is 0 Å². The van der Waals surface area contributed by atoms with E-state index in [9.17, 15) is 9.59 Å². The van der Waals surface area contributed by atoms with Crippen LogP contribution in [0.3, 0.4) is 0 Å². The predicted molar refractivity (Wildman–Crippen MR) is 74.4 cm³/mol. The summed E-state index contributed by atoms with van der Waals surface area (Å²) in [4.78, 5) is 25.6. The van der Waals surface area contributed by atoms with Crippen LogP contribution in [-0.2, 0) is 15.0 Å². The number of rotatable bonds is 3. The lowest BCUT2D eigenvalue weighted by Crippen LogP contribution is -2.38. The van der Waals surface area contributed by atoms with E-state index in [2.05, 4.69) is 0 Å². The van der Waals surface area contributed by atoms with Crippen LogP contribution in [0.5, 0.6) is 0 Å². The summed E-state index contributed by atoms with van der Waals surface area (Å²) in [6.07, 6.45) is 2.33. The molecule has 2 fully saturated rings. The van der Waals surface area contributed by atoms with Gasteiger partial charge in [0.1, 0.15) is 0 Å². The summed E-state index contributed by atoms with van der Waals surface area (Å²) in [5.74, 6) is -1.07. The molecule has 106 valence electrons. The summed E-state index contributed by atoms with van der Waals surface area (Å²) in [7, 11) is 0. The first kappa shape index (κ1) is 13.2. The Balaban J connectivity index is 1.81. The van der Waals surface area contributed by atoms with Crippen molar-refractivity contribution in [3.8, 4) is 0 Å². The van der Waals surface area contributed by atoms with Gasteiger partial charge in [-0.15, -0.1) is 0 Å². The molecule has 0 spiro atoms. The number of carbonyl (C=O) groups excluding carboxylic acids is 1. The van der Waals surface area contributed by atoms with Gasteiger partial charge in [0.25, 0.3) is 0 Å². The average Bonchev–Trinajstić information content (AvgIpc) is 3.07. The summed E-state index contributed by atoms with van der Waals surface area (Å²) < 4.78 is 0. The average molecular weight is 273 g/mol. The van der Waals surface area contributed by atoms with Crippen molar-refractivity contribution in [3.05, 3.63) is 35.4 Å². The highest BCUT2D eigenvalue weighted by Crippen LogP contribution is 2.51. The van der Waals surface area contributed by atoms with Gasteiger partial charge in [-0.05, 0) is 37.3 Å². The third kappa shape index (κ3) is 1.99. The molecule has 3 rings (SSSR count). The highest BCUT2D eigenvalue weighted by molar-refractivity contribution is 5.92. The van der Waals surface area contributed by atoms with Crippen molar-refractivity contribution < 1.29 is 14.7 Å². The van der Waals surface area contributed by atoms with E-state index in [-0.39, 0.29) is 11.3 Å². The van der Waals surface area contributed by atoms with Crippen LogP contribution in [-0.4, -0.2) is 35.0 Å². The first-order valence-electron chi connectivity index (χ1n) is 7.13. The van der Waals surface area contributed by atoms with Gasteiger partial charge >= 0.3 is 5.97 Å². The molecule has 0 radical (unpaired) electrons. The molecule has 0 bridgehead atoms. The van der Waals surface area contributed by atoms with Crippen molar-refractivity contribution in [2.45, 2.75) is 31.6 Å². The Bertz CT molecular complexity index is 563. The third-order valence-corrected chi connectivity index (χ3v) is 4.64. The topological polar surface area (TPSA) is 57.6 Å². The van der Waals surface area contributed by atoms with Gasteiger partial charge in [-0.2, -0.15) is 0 Å². The number of carbonyl (C=O) groups is 2. The highest BCUT2D eigenvalue weighted by atomic mass is 16.4. The molecule has 1 aromatic rings. The van der Waals surface area contributed by atoms with Crippen molar-refractivity contribution in [1.82, 2.24) is 4.90 Å². The zero-order valence-electron chi connectivity index (χ0n) is 11.6. The summed E-state index contributed by atoms with van der Waals surface area (Å²) in [6.45, 7) is 2.97. The van der Waals surface area contributed by atoms with E-state index in [4.69, 9.17) is 5.11 Å². The van der Waals surface area contributed by atoms with Crippen LogP contribution in [0.15, 0.2) is 24.3 Å². The minimum Gasteiger partial charge on any atom is -0.481 e. The van der Waals surface area contributed by atoms with E-state index in [1.54, 1.807) is 4.90 Å². The zero-order valence-corrected chi connectivity index (χ0v) is 11.6. The van der Waals surface area contributed by atoms with Gasteiger partial charge in [-0.25, -0.2) is 0 Å². The fourth-order valence-electron chi connectivity index (χ4n) is 3.28. The molecule has 1 saturated carbocycles. The van der Waals surface area contributed by atoms with Crippen molar-refractivity contribution in [2.75, 3.05) is 13.1 Å². The molecule has 1 aromatic carbocycles. The number of aryl methyl sites for hydroxylation is 1. The molecule has 0 aromatic heterocycles. The van der Waals surface area contributed by atoms with Gasteiger partial charge < -0.3 is 10.0 Å². The first-order chi connectivity index (χ1) is 9.54. The fraction of sp³-hybridized carbons (Fsp3) is 0.500. The second-order valence-corrected chi connectivity index (χ2v) is 5.97. The van der Waals surface area contributed by atoms with Crippen LogP contribution in [0.2, 0.25) is 0 Å². The number of likely N-dealkylation sites (tertiary alicyclic amines) is 1. The van der Waals surface area contributed by atoms with Crippen molar-refractivity contribution in [3.63, 3.8) is 0 Å². The molecular formula is C16H19NO3. The zero-order chi connectivity index (χ0) is 14.3. The maximum atomic E-state index is 12.8. The normalized spacial score (nSPS) is 23.6. The molecule has 1 amide bonds. The SMILES string of the molecule is Cc1ccccc1C1(C(=O)N2CCC(C(=O)O)C2)CC1. The van der Waals surface area contributed by atoms with E-state index >= 15 is 0 Å². The molecule has 1 unspecified atom stereocenters. The fourth-order valence-corrected chi connectivity index (χ4v) is 3.28. The maximum absolute atomic E-state index is 12.8. The van der Waals surface area contributed by atoms with Gasteiger partial charge in [-0.1, -0.05) is 24.3 Å². The highest BCUT2D eigenvalue weighted by Gasteiger charge is 2.54. The lowest BCUT2D eigenvalue weighted by molar-refractivity contribution is -0.141. The summed E-state index contributed by atoms with van der Waals surface area (Å²) in [5, 5.41) is 9.05. The second-order valence-electron chi connectivity index (χ2n) is 5.97. The van der Waals surface area contributed by atoms with Crippen LogP contribution >= 0.6 is 0 Å². The molecule has 2 aliphatic rings. The standard InChI is InChI=1S/C16H19NO3/c1-11-4-2-3-5-13(11)16(7-8-16)15(20)17-9-6-12(10-17)14(18)19/h2-5,12H,6-10H2,1H3,(H,18,19). The lowest BCUT2D eigenvalue weighted by atomic mass is 9.90. The van der Waals surface area contributed by atoms with Gasteiger partial charge in [0, 0.05) is 13.1 Å². The molecule has 20 heavy (non-hydrogen) atoms. The molecular weight excluding hydrogens is 254 g/mol. The van der Waals surface area contributed by atoms with E-state index in [1.165, 1.54) is 0 Å². The van der Waals surface area contributed by atoms with E-state index in [0.717, 1.165) is 24.0 Å². The van der Waals surface area contributed by atoms with E-state index in [1.807, 2.05) is 31.2 Å². The Morgan fingerprint density at radius 2 is 2.00 bits per heavy atom. The molecule has 1 atom stereocenters. The largest absolute Gasteiger partial charge is 0.481 e. The van der Waals surface area contributed by atoms with Crippen LogP contribution in [0.1, 0.15) is 30.4 Å². The van der Waals surface area contributed by atoms with E-state index < -0.39 is 11.9 Å². The van der Waals surface area contributed by atoms with Crippen molar-refractivity contribution >= 4 is 11.9 Å². The third-order valence-electron chi connectivity index (χ3n) is 4.64. The smallest absolute Gasteiger partial charge is 0.308 e. The number of aliphatic carboxylic acids is 1. The second kappa shape index (κ2) is 4.62. The van der Waals surface area contributed by atoms with Gasteiger partial charge in [0.15, 0.2) is 0 Å². The summed E-state index contributed by atoms with van der Waals surface area (Å²) >= 11 is 0. The maximum Gasteiger partial charge on any atom is 0.308 e. The van der Waals surface area contributed by atoms with Gasteiger partial charge in [0.05, 0.1) is 11.3 Å². The van der Waals surface area contributed by atoms with Gasteiger partial charge in [-0.3, -0.25) is 9.59 Å². The minimum absolute atomic E-state index is 0.121. The molecule has 4 nitrogen and oxygen atoms in total. The summed E-state index contributed by atoms with van der Waals surface area (Å²) in [5.41, 5.74) is 1.88. The molecule has 1 aliphatic carbocycles. The molecule has 1 heterocycles. The Kier molecular flexibility index (Phi) is 3.04. The number of hydrogen-bond acceptors (Lipinski definition) is 2. The Labute approximate surface area is 118 Å². The molecule has 1 saturated heterocycles. The predicted octanol–water partition coefficient (Wildman–Crippen LogP) is 1.96. The Hall–Kier alpha value is -1.84. The number of carboxylic acid groups (broad SMARTS) is 1. The Morgan fingerprint density at radius 1 is 1.30 bits per heavy atom. The number of benzene rings is 1. The lowest BCUT2D eigenvalue weighted by Gasteiger charge is -2.24. The quantitative estimate of drug-likeness (QED) is 0.916. The van der Waals surface area contributed by atoms with Crippen molar-refractivity contribution in [1.29, 1.82) is 0 Å². The van der Waals surface area contributed by atoms with Crippen LogP contribution in [0.25, 0.3) is 0 Å². The first-order valence-corrected chi connectivity index (χ1v) is 7.13. The number of nitrogens with zero attached hydrogens (tertiary/aromatic N) is 1.